The number of aromatic carboxylic acids is 1. The molecule has 5 heteroatoms. The van der Waals surface area contributed by atoms with E-state index in [2.05, 4.69) is 4.98 Å². The summed E-state index contributed by atoms with van der Waals surface area (Å²) in [5.74, 6) is -0.995. The average Bonchev–Trinajstić information content (AvgIpc) is 2.46. The summed E-state index contributed by atoms with van der Waals surface area (Å²) in [5, 5.41) is 9.82. The highest BCUT2D eigenvalue weighted by Crippen LogP contribution is 2.26. The van der Waals surface area contributed by atoms with Crippen LogP contribution in [0.1, 0.15) is 10.4 Å². The number of carboxylic acids is 1. The summed E-state index contributed by atoms with van der Waals surface area (Å²) in [4.78, 5) is 14.9. The highest BCUT2D eigenvalue weighted by molar-refractivity contribution is 6.36. The van der Waals surface area contributed by atoms with E-state index in [9.17, 15) is 4.79 Å². The average molecular weight is 211 g/mol. The molecule has 2 aromatic heterocycles. The zero-order chi connectivity index (χ0) is 10.3. The fourth-order valence-corrected chi connectivity index (χ4v) is 1.67. The van der Waals surface area contributed by atoms with Gasteiger partial charge in [0, 0.05) is 19.4 Å². The van der Waals surface area contributed by atoms with E-state index in [0.29, 0.717) is 16.1 Å². The highest BCUT2D eigenvalue weighted by Gasteiger charge is 2.15. The molecule has 4 nitrogen and oxygen atoms in total. The van der Waals surface area contributed by atoms with Crippen molar-refractivity contribution in [1.29, 1.82) is 0 Å². The van der Waals surface area contributed by atoms with Gasteiger partial charge in [0.15, 0.2) is 0 Å². The van der Waals surface area contributed by atoms with Crippen LogP contribution in [0.2, 0.25) is 5.02 Å². The number of nitrogens with zero attached hydrogens (tertiary/aromatic N) is 2. The number of hydrogen-bond donors (Lipinski definition) is 1. The maximum atomic E-state index is 10.9. The van der Waals surface area contributed by atoms with Crippen molar-refractivity contribution in [3.05, 3.63) is 29.0 Å². The third-order valence-electron chi connectivity index (χ3n) is 2.04. The van der Waals surface area contributed by atoms with Crippen LogP contribution in [-0.4, -0.2) is 20.6 Å². The van der Waals surface area contributed by atoms with Crippen LogP contribution < -0.4 is 0 Å². The molecule has 0 aliphatic rings. The standard InChI is InChI=1S/C9H7ClN2O2/c1-12-4-5(9(13)14)7-6(10)2-3-11-8(7)12/h2-4H,1H3,(H,13,14). The first-order valence-corrected chi connectivity index (χ1v) is 4.32. The fourth-order valence-electron chi connectivity index (χ4n) is 1.43. The zero-order valence-corrected chi connectivity index (χ0v) is 8.12. The van der Waals surface area contributed by atoms with Crippen LogP contribution in [0.3, 0.4) is 0 Å². The lowest BCUT2D eigenvalue weighted by Gasteiger charge is -1.95. The van der Waals surface area contributed by atoms with Crippen molar-refractivity contribution >= 4 is 28.6 Å². The van der Waals surface area contributed by atoms with Gasteiger partial charge >= 0.3 is 5.97 Å². The monoisotopic (exact) mass is 210 g/mol. The van der Waals surface area contributed by atoms with Gasteiger partial charge in [-0.1, -0.05) is 11.6 Å². The van der Waals surface area contributed by atoms with Crippen molar-refractivity contribution in [3.63, 3.8) is 0 Å². The molecule has 0 spiro atoms. The van der Waals surface area contributed by atoms with Crippen LogP contribution in [0.5, 0.6) is 0 Å². The largest absolute Gasteiger partial charge is 0.478 e. The molecule has 1 N–H and O–H groups in total. The summed E-state index contributed by atoms with van der Waals surface area (Å²) in [5.41, 5.74) is 0.760. The smallest absolute Gasteiger partial charge is 0.337 e. The van der Waals surface area contributed by atoms with Gasteiger partial charge < -0.3 is 9.67 Å². The van der Waals surface area contributed by atoms with Gasteiger partial charge in [0.2, 0.25) is 0 Å². The normalized spacial score (nSPS) is 10.7. The summed E-state index contributed by atoms with van der Waals surface area (Å²) in [7, 11) is 1.73. The Labute approximate surface area is 84.7 Å². The van der Waals surface area contributed by atoms with Crippen molar-refractivity contribution in [2.24, 2.45) is 7.05 Å². The number of hydrogen-bond acceptors (Lipinski definition) is 2. The molecule has 0 aromatic carbocycles. The van der Waals surface area contributed by atoms with Gasteiger partial charge in [-0.25, -0.2) is 9.78 Å². The first-order valence-electron chi connectivity index (χ1n) is 3.94. The van der Waals surface area contributed by atoms with Crippen LogP contribution in [0.4, 0.5) is 0 Å². The van der Waals surface area contributed by atoms with Crippen LogP contribution in [0.25, 0.3) is 11.0 Å². The Kier molecular flexibility index (Phi) is 1.93. The fraction of sp³-hybridized carbons (Fsp3) is 0.111. The second-order valence-electron chi connectivity index (χ2n) is 2.95. The summed E-state index contributed by atoms with van der Waals surface area (Å²) >= 11 is 5.90. The summed E-state index contributed by atoms with van der Waals surface area (Å²) in [6.45, 7) is 0. The quantitative estimate of drug-likeness (QED) is 0.783. The second kappa shape index (κ2) is 2.99. The minimum absolute atomic E-state index is 0.181. The van der Waals surface area contributed by atoms with Gasteiger partial charge in [-0.05, 0) is 6.07 Å². The van der Waals surface area contributed by atoms with Gasteiger partial charge in [0.1, 0.15) is 5.65 Å². The number of halogens is 1. The zero-order valence-electron chi connectivity index (χ0n) is 7.36. The molecule has 0 bridgehead atoms. The lowest BCUT2D eigenvalue weighted by molar-refractivity contribution is 0.0699. The third-order valence-corrected chi connectivity index (χ3v) is 2.35. The molecule has 2 heterocycles. The Balaban J connectivity index is 2.93. The Morgan fingerprint density at radius 1 is 1.64 bits per heavy atom. The van der Waals surface area contributed by atoms with E-state index in [1.807, 2.05) is 0 Å². The van der Waals surface area contributed by atoms with E-state index >= 15 is 0 Å². The van der Waals surface area contributed by atoms with Crippen LogP contribution in [-0.2, 0) is 7.05 Å². The maximum absolute atomic E-state index is 10.9. The molecule has 72 valence electrons. The highest BCUT2D eigenvalue weighted by atomic mass is 35.5. The van der Waals surface area contributed by atoms with Crippen molar-refractivity contribution in [2.75, 3.05) is 0 Å². The van der Waals surface area contributed by atoms with Gasteiger partial charge in [-0.3, -0.25) is 0 Å². The molecule has 0 saturated carbocycles. The second-order valence-corrected chi connectivity index (χ2v) is 3.36. The van der Waals surface area contributed by atoms with Gasteiger partial charge in [0.25, 0.3) is 0 Å². The van der Waals surface area contributed by atoms with Gasteiger partial charge in [-0.2, -0.15) is 0 Å². The third kappa shape index (κ3) is 1.15. The van der Waals surface area contributed by atoms with E-state index in [-0.39, 0.29) is 5.56 Å². The number of fused-ring (bicyclic) bond motifs is 1. The molecule has 0 radical (unpaired) electrons. The molecule has 0 fully saturated rings. The summed E-state index contributed by atoms with van der Waals surface area (Å²) in [6.07, 6.45) is 3.06. The molecule has 14 heavy (non-hydrogen) atoms. The minimum Gasteiger partial charge on any atom is -0.478 e. The number of aryl methyl sites for hydroxylation is 1. The first-order chi connectivity index (χ1) is 6.61. The first kappa shape index (κ1) is 9.02. The molecule has 0 aliphatic carbocycles. The topological polar surface area (TPSA) is 55.1 Å². The Hall–Kier alpha value is -1.55. The summed E-state index contributed by atoms with van der Waals surface area (Å²) < 4.78 is 1.64. The van der Waals surface area contributed by atoms with Crippen molar-refractivity contribution in [1.82, 2.24) is 9.55 Å². The lowest BCUT2D eigenvalue weighted by Crippen LogP contribution is -1.94. The Morgan fingerprint density at radius 3 is 3.00 bits per heavy atom. The molecule has 0 saturated heterocycles. The molecular formula is C9H7ClN2O2. The van der Waals surface area contributed by atoms with E-state index in [0.717, 1.165) is 0 Å². The SMILES string of the molecule is Cn1cc(C(=O)O)c2c(Cl)ccnc21. The summed E-state index contributed by atoms with van der Waals surface area (Å²) in [6, 6.07) is 1.58. The molecule has 0 amide bonds. The van der Waals surface area contributed by atoms with Crippen LogP contribution in [0, 0.1) is 0 Å². The lowest BCUT2D eigenvalue weighted by atomic mass is 10.2. The Morgan fingerprint density at radius 2 is 2.36 bits per heavy atom. The minimum atomic E-state index is -0.995. The van der Waals surface area contributed by atoms with Crippen molar-refractivity contribution in [2.45, 2.75) is 0 Å². The predicted octanol–water partition coefficient (Wildman–Crippen LogP) is 1.92. The van der Waals surface area contributed by atoms with E-state index in [4.69, 9.17) is 16.7 Å². The molecule has 0 atom stereocenters. The number of rotatable bonds is 1. The van der Waals surface area contributed by atoms with Gasteiger partial charge in [-0.15, -0.1) is 0 Å². The number of carboxylic acid groups (broad SMARTS) is 1. The van der Waals surface area contributed by atoms with E-state index in [1.165, 1.54) is 6.20 Å². The Bertz CT molecular complexity index is 519. The van der Waals surface area contributed by atoms with E-state index in [1.54, 1.807) is 23.9 Å². The van der Waals surface area contributed by atoms with Crippen LogP contribution >= 0.6 is 11.6 Å². The molecular weight excluding hydrogens is 204 g/mol. The molecule has 0 unspecified atom stereocenters. The van der Waals surface area contributed by atoms with Crippen molar-refractivity contribution < 1.29 is 9.90 Å². The van der Waals surface area contributed by atoms with Crippen molar-refractivity contribution in [3.8, 4) is 0 Å². The van der Waals surface area contributed by atoms with Gasteiger partial charge in [0.05, 0.1) is 16.0 Å². The predicted molar refractivity (Wildman–Crippen MR) is 52.7 cm³/mol. The molecule has 0 aliphatic heterocycles. The number of aromatic nitrogens is 2. The number of carbonyl (C=O) groups is 1. The van der Waals surface area contributed by atoms with Crippen LogP contribution in [0.15, 0.2) is 18.5 Å². The molecule has 2 rings (SSSR count). The van der Waals surface area contributed by atoms with E-state index < -0.39 is 5.97 Å². The number of pyridine rings is 1. The molecule has 2 aromatic rings. The maximum Gasteiger partial charge on any atom is 0.337 e.